The van der Waals surface area contributed by atoms with Crippen molar-refractivity contribution < 1.29 is 4.39 Å². The summed E-state index contributed by atoms with van der Waals surface area (Å²) in [5, 5.41) is 33.4. The van der Waals surface area contributed by atoms with E-state index in [4.69, 9.17) is 23.2 Å². The summed E-state index contributed by atoms with van der Waals surface area (Å²) in [5.41, 5.74) is 2.09. The third-order valence-corrected chi connectivity index (χ3v) is 7.23. The topological polar surface area (TPSA) is 110 Å². The van der Waals surface area contributed by atoms with Crippen molar-refractivity contribution in [1.29, 1.82) is 5.26 Å². The normalized spacial score (nSPS) is 21.3. The number of hydrogen-bond acceptors (Lipinski definition) is 8. The Labute approximate surface area is 217 Å². The van der Waals surface area contributed by atoms with Crippen LogP contribution in [0.3, 0.4) is 0 Å². The van der Waals surface area contributed by atoms with Gasteiger partial charge < -0.3 is 16.0 Å². The lowest BCUT2D eigenvalue weighted by molar-refractivity contribution is 0.341. The third-order valence-electron chi connectivity index (χ3n) is 6.66. The second-order valence-corrected chi connectivity index (χ2v) is 9.74. The van der Waals surface area contributed by atoms with E-state index in [-0.39, 0.29) is 5.02 Å². The highest BCUT2D eigenvalue weighted by Crippen LogP contribution is 2.37. The molecule has 1 fully saturated rings. The first-order valence-electron chi connectivity index (χ1n) is 11.6. The number of anilines is 3. The molecule has 5 rings (SSSR count). The quantitative estimate of drug-likeness (QED) is 0.351. The van der Waals surface area contributed by atoms with Gasteiger partial charge in [-0.25, -0.2) is 4.39 Å². The minimum Gasteiger partial charge on any atom is -0.382 e. The van der Waals surface area contributed by atoms with Crippen LogP contribution in [0.5, 0.6) is 0 Å². The highest BCUT2D eigenvalue weighted by molar-refractivity contribution is 6.36. The van der Waals surface area contributed by atoms with Gasteiger partial charge in [-0.2, -0.15) is 10.4 Å². The minimum atomic E-state index is -0.536. The molecule has 2 aliphatic rings. The van der Waals surface area contributed by atoms with E-state index in [2.05, 4.69) is 42.4 Å². The van der Waals surface area contributed by atoms with Crippen LogP contribution in [-0.2, 0) is 0 Å². The molecule has 1 saturated heterocycles. The Morgan fingerprint density at radius 2 is 2.00 bits per heavy atom. The van der Waals surface area contributed by atoms with Gasteiger partial charge in [0.05, 0.1) is 33.0 Å². The van der Waals surface area contributed by atoms with Gasteiger partial charge in [0.2, 0.25) is 0 Å². The Morgan fingerprint density at radius 1 is 1.14 bits per heavy atom. The fourth-order valence-corrected chi connectivity index (χ4v) is 5.18. The number of hydrogen-bond donors (Lipinski definition) is 3. The van der Waals surface area contributed by atoms with Crippen LogP contribution in [0.15, 0.2) is 52.0 Å². The Bertz CT molecular complexity index is 1380. The number of pyridine rings is 1. The largest absolute Gasteiger partial charge is 0.382 e. The summed E-state index contributed by atoms with van der Waals surface area (Å²) in [6.45, 7) is 2.43. The molecule has 2 atom stereocenters. The molecule has 0 aliphatic carbocycles. The molecule has 1 aromatic heterocycles. The maximum Gasteiger partial charge on any atom is 0.141 e. The van der Waals surface area contributed by atoms with Crippen molar-refractivity contribution in [2.45, 2.75) is 24.8 Å². The molecule has 3 aromatic rings. The fraction of sp³-hybridized carbons (Fsp3) is 0.320. The molecule has 3 heterocycles. The number of nitriles is 1. The van der Waals surface area contributed by atoms with Gasteiger partial charge in [-0.3, -0.25) is 4.98 Å². The Hall–Kier alpha value is -3.32. The lowest BCUT2D eigenvalue weighted by atomic mass is 9.80. The van der Waals surface area contributed by atoms with Gasteiger partial charge >= 0.3 is 0 Å². The molecule has 0 spiro atoms. The number of fused-ring (bicyclic) bond motifs is 1. The van der Waals surface area contributed by atoms with Crippen LogP contribution in [0.1, 0.15) is 24.8 Å². The molecule has 3 N–H and O–H groups in total. The molecular weight excluding hydrogens is 502 g/mol. The summed E-state index contributed by atoms with van der Waals surface area (Å²) in [4.78, 5) is 4.39. The first-order chi connectivity index (χ1) is 17.5. The third kappa shape index (κ3) is 4.85. The van der Waals surface area contributed by atoms with Crippen LogP contribution in [-0.4, -0.2) is 36.4 Å². The van der Waals surface area contributed by atoms with Crippen LogP contribution >= 0.6 is 23.2 Å². The van der Waals surface area contributed by atoms with E-state index in [1.807, 2.05) is 12.3 Å². The number of nitrogens with one attached hydrogen (secondary N) is 3. The standard InChI is InChI=1S/C25H23Cl2FN8/c26-20-9-17(3-4-22(20)28)34-23-15(11-29)12-31-24-19(23)8-18(10-21(24)27)32-13-25(14-33-36-35-25)16-2-1-6-30-7-5-16/h3-4,8-10,12,14,16,30,32H,1-2,5-7,13H2,(H,31,34). The number of benzene rings is 2. The fourth-order valence-electron chi connectivity index (χ4n) is 4.74. The maximum atomic E-state index is 13.7. The van der Waals surface area contributed by atoms with Gasteiger partial charge in [0.25, 0.3) is 0 Å². The molecule has 2 aliphatic heterocycles. The molecule has 0 radical (unpaired) electrons. The molecule has 0 amide bonds. The van der Waals surface area contributed by atoms with Crippen molar-refractivity contribution in [2.24, 2.45) is 21.4 Å². The maximum absolute atomic E-state index is 13.7. The predicted molar refractivity (Wildman–Crippen MR) is 141 cm³/mol. The van der Waals surface area contributed by atoms with Gasteiger partial charge in [0.15, 0.2) is 0 Å². The highest BCUT2D eigenvalue weighted by atomic mass is 35.5. The van der Waals surface area contributed by atoms with Crippen LogP contribution < -0.4 is 16.0 Å². The van der Waals surface area contributed by atoms with Crippen molar-refractivity contribution in [3.63, 3.8) is 0 Å². The minimum absolute atomic E-state index is 0.0244. The van der Waals surface area contributed by atoms with Crippen molar-refractivity contribution in [3.05, 3.63) is 58.0 Å². The van der Waals surface area contributed by atoms with Crippen LogP contribution in [0, 0.1) is 23.1 Å². The molecule has 36 heavy (non-hydrogen) atoms. The second-order valence-electron chi connectivity index (χ2n) is 8.92. The average Bonchev–Trinajstić information content (AvgIpc) is 3.19. The van der Waals surface area contributed by atoms with Gasteiger partial charge in [-0.05, 0) is 73.8 Å². The van der Waals surface area contributed by atoms with Crippen molar-refractivity contribution in [2.75, 3.05) is 30.3 Å². The molecule has 11 heteroatoms. The first kappa shape index (κ1) is 24.4. The Kier molecular flexibility index (Phi) is 7.01. The molecule has 2 unspecified atom stereocenters. The van der Waals surface area contributed by atoms with E-state index in [9.17, 15) is 9.65 Å². The van der Waals surface area contributed by atoms with Crippen LogP contribution in [0.2, 0.25) is 10.0 Å². The van der Waals surface area contributed by atoms with Crippen LogP contribution in [0.4, 0.5) is 21.5 Å². The lowest BCUT2D eigenvalue weighted by Gasteiger charge is -2.31. The molecule has 8 nitrogen and oxygen atoms in total. The van der Waals surface area contributed by atoms with E-state index >= 15 is 0 Å². The van der Waals surface area contributed by atoms with E-state index in [0.717, 1.165) is 38.0 Å². The molecule has 0 saturated carbocycles. The molecule has 0 bridgehead atoms. The lowest BCUT2D eigenvalue weighted by Crippen LogP contribution is -2.43. The molecule has 184 valence electrons. The van der Waals surface area contributed by atoms with Crippen molar-refractivity contribution in [3.8, 4) is 6.07 Å². The second kappa shape index (κ2) is 10.3. The van der Waals surface area contributed by atoms with E-state index in [1.165, 1.54) is 18.3 Å². The zero-order valence-corrected chi connectivity index (χ0v) is 20.7. The summed E-state index contributed by atoms with van der Waals surface area (Å²) in [6.07, 6.45) is 6.37. The Morgan fingerprint density at radius 3 is 2.78 bits per heavy atom. The average molecular weight is 525 g/mol. The van der Waals surface area contributed by atoms with Gasteiger partial charge in [-0.15, -0.1) is 5.10 Å². The van der Waals surface area contributed by atoms with Crippen molar-refractivity contribution in [1.82, 2.24) is 10.3 Å². The van der Waals surface area contributed by atoms with Gasteiger partial charge in [-0.1, -0.05) is 23.2 Å². The summed E-state index contributed by atoms with van der Waals surface area (Å²) in [5.74, 6) is -0.221. The first-order valence-corrected chi connectivity index (χ1v) is 12.4. The summed E-state index contributed by atoms with van der Waals surface area (Å²) >= 11 is 12.6. The van der Waals surface area contributed by atoms with Gasteiger partial charge in [0, 0.05) is 29.5 Å². The number of aromatic nitrogens is 1. The zero-order valence-electron chi connectivity index (χ0n) is 19.2. The molecule has 2 aromatic carbocycles. The summed E-state index contributed by atoms with van der Waals surface area (Å²) in [6, 6.07) is 10.1. The summed E-state index contributed by atoms with van der Waals surface area (Å²) in [7, 11) is 0. The summed E-state index contributed by atoms with van der Waals surface area (Å²) < 4.78 is 13.7. The Balaban J connectivity index is 1.49. The smallest absolute Gasteiger partial charge is 0.141 e. The zero-order chi connectivity index (χ0) is 25.1. The van der Waals surface area contributed by atoms with E-state index in [0.29, 0.717) is 45.3 Å². The van der Waals surface area contributed by atoms with Crippen LogP contribution in [0.25, 0.3) is 10.9 Å². The highest BCUT2D eigenvalue weighted by Gasteiger charge is 2.40. The van der Waals surface area contributed by atoms with Crippen molar-refractivity contribution >= 4 is 57.4 Å². The SMILES string of the molecule is N#Cc1cnc2c(Cl)cc(NCC3(C4CCCNCC4)C=NN=N3)cc2c1Nc1ccc(F)c(Cl)c1. The number of halogens is 3. The van der Waals surface area contributed by atoms with Gasteiger partial charge in [0.1, 0.15) is 17.4 Å². The van der Waals surface area contributed by atoms with E-state index in [1.54, 1.807) is 12.1 Å². The predicted octanol–water partition coefficient (Wildman–Crippen LogP) is 6.29. The molecular formula is C25H23Cl2FN8. The number of rotatable bonds is 6. The monoisotopic (exact) mass is 524 g/mol. The van der Waals surface area contributed by atoms with E-state index < -0.39 is 11.4 Å². The number of nitrogens with zero attached hydrogens (tertiary/aromatic N) is 5.